The number of benzene rings is 2. The van der Waals surface area contributed by atoms with Gasteiger partial charge in [-0.3, -0.25) is 20.2 Å². The van der Waals surface area contributed by atoms with Crippen LogP contribution in [-0.4, -0.2) is 15.9 Å². The molecule has 8 heteroatoms. The molecule has 2 rings (SSSR count). The largest absolute Gasteiger partial charge is 0.332 e. The second kappa shape index (κ2) is 6.93. The van der Waals surface area contributed by atoms with Crippen molar-refractivity contribution in [2.24, 2.45) is 0 Å². The summed E-state index contributed by atoms with van der Waals surface area (Å²) >= 11 is 5.01. The Labute approximate surface area is 136 Å². The van der Waals surface area contributed by atoms with Crippen LogP contribution in [0.25, 0.3) is 0 Å². The van der Waals surface area contributed by atoms with Gasteiger partial charge in [0.1, 0.15) is 5.82 Å². The smallest absolute Gasteiger partial charge is 0.274 e. The summed E-state index contributed by atoms with van der Waals surface area (Å²) in [6.07, 6.45) is 0. The van der Waals surface area contributed by atoms with Crippen molar-refractivity contribution in [3.8, 4) is 0 Å². The van der Waals surface area contributed by atoms with Crippen LogP contribution < -0.4 is 10.6 Å². The summed E-state index contributed by atoms with van der Waals surface area (Å²) in [5.74, 6) is -1.11. The van der Waals surface area contributed by atoms with Gasteiger partial charge in [0.05, 0.1) is 16.2 Å². The van der Waals surface area contributed by atoms with Crippen LogP contribution in [0.2, 0.25) is 0 Å². The number of anilines is 1. The summed E-state index contributed by atoms with van der Waals surface area (Å²) in [5.41, 5.74) is 0.850. The average Bonchev–Trinajstić information content (AvgIpc) is 2.49. The predicted molar refractivity (Wildman–Crippen MR) is 87.9 cm³/mol. The van der Waals surface area contributed by atoms with Gasteiger partial charge >= 0.3 is 0 Å². The van der Waals surface area contributed by atoms with Crippen molar-refractivity contribution in [1.29, 1.82) is 0 Å². The molecule has 0 aliphatic heterocycles. The normalized spacial score (nSPS) is 10.0. The highest BCUT2D eigenvalue weighted by Crippen LogP contribution is 2.24. The van der Waals surface area contributed by atoms with Crippen molar-refractivity contribution in [3.63, 3.8) is 0 Å². The SMILES string of the molecule is Cc1c(NC(=S)NC(=O)c2cccc(F)c2)cccc1[N+](=O)[O-]. The van der Waals surface area contributed by atoms with E-state index in [9.17, 15) is 19.3 Å². The highest BCUT2D eigenvalue weighted by atomic mass is 32.1. The van der Waals surface area contributed by atoms with Crippen LogP contribution >= 0.6 is 12.2 Å². The maximum atomic E-state index is 13.1. The Morgan fingerprint density at radius 1 is 1.26 bits per heavy atom. The zero-order valence-corrected chi connectivity index (χ0v) is 12.8. The summed E-state index contributed by atoms with van der Waals surface area (Å²) in [7, 11) is 0. The van der Waals surface area contributed by atoms with Gasteiger partial charge in [-0.2, -0.15) is 0 Å². The number of thiocarbonyl (C=S) groups is 1. The third-order valence-corrected chi connectivity index (χ3v) is 3.27. The number of nitrogens with one attached hydrogen (secondary N) is 2. The Balaban J connectivity index is 2.10. The van der Waals surface area contributed by atoms with E-state index in [1.807, 2.05) is 0 Å². The van der Waals surface area contributed by atoms with Crippen LogP contribution in [0.1, 0.15) is 15.9 Å². The molecule has 0 atom stereocenters. The zero-order chi connectivity index (χ0) is 17.0. The lowest BCUT2D eigenvalue weighted by Gasteiger charge is -2.11. The van der Waals surface area contributed by atoms with Crippen molar-refractivity contribution >= 4 is 34.6 Å². The molecule has 1 amide bonds. The molecule has 0 aliphatic carbocycles. The molecule has 0 spiro atoms. The number of nitro benzene ring substituents is 1. The molecule has 0 saturated heterocycles. The molecular weight excluding hydrogens is 321 g/mol. The second-order valence-corrected chi connectivity index (χ2v) is 5.03. The maximum absolute atomic E-state index is 13.1. The first-order valence-electron chi connectivity index (χ1n) is 6.50. The van der Waals surface area contributed by atoms with Crippen molar-refractivity contribution in [2.75, 3.05) is 5.32 Å². The Kier molecular flexibility index (Phi) is 4.97. The Morgan fingerprint density at radius 2 is 1.96 bits per heavy atom. The fourth-order valence-electron chi connectivity index (χ4n) is 1.92. The fourth-order valence-corrected chi connectivity index (χ4v) is 2.12. The molecule has 0 fully saturated rings. The minimum absolute atomic E-state index is 0.0390. The third-order valence-electron chi connectivity index (χ3n) is 3.06. The molecule has 0 aromatic heterocycles. The van der Waals surface area contributed by atoms with E-state index in [0.717, 1.165) is 6.07 Å². The number of nitro groups is 1. The number of halogens is 1. The topological polar surface area (TPSA) is 84.3 Å². The first-order valence-corrected chi connectivity index (χ1v) is 6.91. The lowest BCUT2D eigenvalue weighted by Crippen LogP contribution is -2.34. The van der Waals surface area contributed by atoms with E-state index in [1.165, 1.54) is 30.3 Å². The number of carbonyl (C=O) groups excluding carboxylic acids is 1. The monoisotopic (exact) mass is 333 g/mol. The summed E-state index contributed by atoms with van der Waals surface area (Å²) < 4.78 is 13.1. The molecule has 0 aliphatic rings. The average molecular weight is 333 g/mol. The zero-order valence-electron chi connectivity index (χ0n) is 12.0. The predicted octanol–water partition coefficient (Wildman–Crippen LogP) is 3.17. The molecule has 2 aromatic carbocycles. The minimum Gasteiger partial charge on any atom is -0.332 e. The van der Waals surface area contributed by atoms with Gasteiger partial charge in [0.2, 0.25) is 0 Å². The first-order chi connectivity index (χ1) is 10.9. The van der Waals surface area contributed by atoms with Crippen LogP contribution in [0.3, 0.4) is 0 Å². The molecule has 2 aromatic rings. The number of hydrogen-bond acceptors (Lipinski definition) is 4. The van der Waals surface area contributed by atoms with Gasteiger partial charge in [-0.05, 0) is 43.4 Å². The van der Waals surface area contributed by atoms with Crippen LogP contribution in [0.5, 0.6) is 0 Å². The highest BCUT2D eigenvalue weighted by molar-refractivity contribution is 7.80. The fraction of sp³-hybridized carbons (Fsp3) is 0.0667. The van der Waals surface area contributed by atoms with Crippen molar-refractivity contribution in [2.45, 2.75) is 6.92 Å². The van der Waals surface area contributed by atoms with Crippen molar-refractivity contribution in [3.05, 3.63) is 69.5 Å². The first kappa shape index (κ1) is 16.5. The van der Waals surface area contributed by atoms with Crippen molar-refractivity contribution < 1.29 is 14.1 Å². The quantitative estimate of drug-likeness (QED) is 0.512. The van der Waals surface area contributed by atoms with E-state index < -0.39 is 16.6 Å². The molecule has 6 nitrogen and oxygen atoms in total. The van der Waals surface area contributed by atoms with Gasteiger partial charge in [-0.1, -0.05) is 12.1 Å². The minimum atomic E-state index is -0.579. The van der Waals surface area contributed by atoms with Crippen LogP contribution in [0, 0.1) is 22.9 Å². The molecule has 0 heterocycles. The third kappa shape index (κ3) is 4.07. The van der Waals surface area contributed by atoms with Crippen LogP contribution in [0.4, 0.5) is 15.8 Å². The van der Waals surface area contributed by atoms with E-state index in [0.29, 0.717) is 11.3 Å². The van der Waals surface area contributed by atoms with Crippen LogP contribution in [0.15, 0.2) is 42.5 Å². The Hall–Kier alpha value is -2.87. The molecule has 0 radical (unpaired) electrons. The van der Waals surface area contributed by atoms with Crippen molar-refractivity contribution in [1.82, 2.24) is 5.32 Å². The van der Waals surface area contributed by atoms with Gasteiger partial charge in [-0.25, -0.2) is 4.39 Å². The lowest BCUT2D eigenvalue weighted by molar-refractivity contribution is -0.385. The molecule has 0 bridgehead atoms. The summed E-state index contributed by atoms with van der Waals surface area (Å²) in [4.78, 5) is 22.3. The Bertz CT molecular complexity index is 795. The number of carbonyl (C=O) groups is 1. The van der Waals surface area contributed by atoms with Gasteiger partial charge in [0.25, 0.3) is 11.6 Å². The number of hydrogen-bond donors (Lipinski definition) is 2. The molecule has 0 unspecified atom stereocenters. The molecule has 118 valence electrons. The van der Waals surface area contributed by atoms with E-state index in [2.05, 4.69) is 10.6 Å². The Morgan fingerprint density at radius 3 is 2.61 bits per heavy atom. The van der Waals surface area contributed by atoms with Gasteiger partial charge in [0, 0.05) is 11.6 Å². The lowest BCUT2D eigenvalue weighted by atomic mass is 10.1. The molecule has 2 N–H and O–H groups in total. The molecule has 0 saturated carbocycles. The molecular formula is C15H12FN3O3S. The van der Waals surface area contributed by atoms with E-state index in [-0.39, 0.29) is 16.4 Å². The van der Waals surface area contributed by atoms with Gasteiger partial charge in [-0.15, -0.1) is 0 Å². The van der Waals surface area contributed by atoms with Crippen LogP contribution in [-0.2, 0) is 0 Å². The number of amides is 1. The summed E-state index contributed by atoms with van der Waals surface area (Å²) in [6.45, 7) is 1.57. The molecule has 23 heavy (non-hydrogen) atoms. The van der Waals surface area contributed by atoms with E-state index >= 15 is 0 Å². The van der Waals surface area contributed by atoms with Gasteiger partial charge < -0.3 is 5.32 Å². The number of rotatable bonds is 3. The maximum Gasteiger partial charge on any atom is 0.274 e. The summed E-state index contributed by atoms with van der Waals surface area (Å²) in [5, 5.41) is 16.0. The number of nitrogens with zero attached hydrogens (tertiary/aromatic N) is 1. The highest BCUT2D eigenvalue weighted by Gasteiger charge is 2.15. The van der Waals surface area contributed by atoms with E-state index in [1.54, 1.807) is 13.0 Å². The second-order valence-electron chi connectivity index (χ2n) is 4.63. The van der Waals surface area contributed by atoms with E-state index in [4.69, 9.17) is 12.2 Å². The van der Waals surface area contributed by atoms with Gasteiger partial charge in [0.15, 0.2) is 5.11 Å². The summed E-state index contributed by atoms with van der Waals surface area (Å²) in [6, 6.07) is 9.63. The standard InChI is InChI=1S/C15H12FN3O3S/c1-9-12(6-3-7-13(9)19(21)22)17-15(23)18-14(20)10-4-2-5-11(16)8-10/h2-8H,1H3,(H2,17,18,20,23).